The van der Waals surface area contributed by atoms with E-state index < -0.39 is 12.0 Å². The fourth-order valence-corrected chi connectivity index (χ4v) is 0.640. The first kappa shape index (κ1) is 10.8. The molecule has 0 saturated heterocycles. The Morgan fingerprint density at radius 1 is 1.55 bits per heavy atom. The summed E-state index contributed by atoms with van der Waals surface area (Å²) in [6, 6.07) is 0. The molecular weight excluding hydrogens is 144 g/mol. The van der Waals surface area contributed by atoms with E-state index in [1.54, 1.807) is 33.0 Å². The van der Waals surface area contributed by atoms with Crippen LogP contribution in [0.2, 0.25) is 0 Å². The highest BCUT2D eigenvalue weighted by Crippen LogP contribution is 2.08. The van der Waals surface area contributed by atoms with Crippen LogP contribution in [0.25, 0.3) is 0 Å². The van der Waals surface area contributed by atoms with Gasteiger partial charge in [0, 0.05) is 6.42 Å². The van der Waals surface area contributed by atoms with Gasteiger partial charge in [0.1, 0.15) is 12.0 Å². The van der Waals surface area contributed by atoms with Crippen molar-refractivity contribution >= 4 is 0 Å². The molecule has 0 aromatic heterocycles. The molecule has 68 valence electrons. The molecule has 4 nitrogen and oxygen atoms in total. The van der Waals surface area contributed by atoms with Crippen molar-refractivity contribution in [1.29, 1.82) is 0 Å². The molecule has 0 aromatic carbocycles. The molecule has 0 spiro atoms. The molecule has 0 heterocycles. The van der Waals surface area contributed by atoms with Gasteiger partial charge in [0.05, 0.1) is 0 Å². The maximum absolute atomic E-state index is 9.44. The van der Waals surface area contributed by atoms with Gasteiger partial charge in [-0.25, -0.2) is 0 Å². The highest BCUT2D eigenvalue weighted by Gasteiger charge is 2.22. The summed E-state index contributed by atoms with van der Waals surface area (Å²) < 4.78 is 0. The number of nitrogens with one attached hydrogen (secondary N) is 1. The normalized spacial score (nSPS) is 19.9. The molecule has 4 heteroatoms. The lowest BCUT2D eigenvalue weighted by atomic mass is 10.1. The average Bonchev–Trinajstić information content (AvgIpc) is 1.87. The van der Waals surface area contributed by atoms with Crippen LogP contribution in [0.3, 0.4) is 0 Å². The highest BCUT2D eigenvalue weighted by atomic mass is 16.3. The van der Waals surface area contributed by atoms with E-state index in [9.17, 15) is 10.2 Å². The minimum absolute atomic E-state index is 0.288. The van der Waals surface area contributed by atoms with Crippen LogP contribution in [-0.2, 0) is 0 Å². The molecular formula is C7H18N2O2. The second-order valence-corrected chi connectivity index (χ2v) is 3.17. The van der Waals surface area contributed by atoms with Crippen molar-refractivity contribution in [1.82, 2.24) is 10.2 Å². The van der Waals surface area contributed by atoms with Gasteiger partial charge < -0.3 is 10.2 Å². The van der Waals surface area contributed by atoms with Crippen LogP contribution in [0.4, 0.5) is 0 Å². The average molecular weight is 162 g/mol. The first-order valence-corrected chi connectivity index (χ1v) is 3.65. The van der Waals surface area contributed by atoms with Gasteiger partial charge in [-0.2, -0.15) is 0 Å². The Kier molecular flexibility index (Phi) is 3.96. The van der Waals surface area contributed by atoms with Gasteiger partial charge in [-0.3, -0.25) is 10.2 Å². The van der Waals surface area contributed by atoms with Crippen molar-refractivity contribution < 1.29 is 10.2 Å². The molecule has 0 bridgehead atoms. The smallest absolute Gasteiger partial charge is 0.116 e. The molecule has 0 fully saturated rings. The molecule has 0 aromatic rings. The minimum Gasteiger partial charge on any atom is -0.378 e. The van der Waals surface area contributed by atoms with Gasteiger partial charge in [0.15, 0.2) is 0 Å². The van der Waals surface area contributed by atoms with E-state index in [-0.39, 0.29) is 6.42 Å². The first-order chi connectivity index (χ1) is 4.89. The molecule has 2 atom stereocenters. The van der Waals surface area contributed by atoms with E-state index in [2.05, 4.69) is 5.32 Å². The lowest BCUT2D eigenvalue weighted by Gasteiger charge is -2.28. The standard InChI is InChI=1S/C7H18N2O2/c1-7(11,8-2)5-6(10)9(3)4/h6,8,10-11H,5H2,1-4H3. The zero-order valence-electron chi connectivity index (χ0n) is 7.63. The molecule has 3 N–H and O–H groups in total. The molecule has 0 aliphatic heterocycles. The first-order valence-electron chi connectivity index (χ1n) is 3.65. The number of aliphatic hydroxyl groups excluding tert-OH is 1. The Hall–Kier alpha value is -0.160. The van der Waals surface area contributed by atoms with E-state index in [4.69, 9.17) is 0 Å². The number of hydrogen-bond donors (Lipinski definition) is 3. The van der Waals surface area contributed by atoms with Crippen molar-refractivity contribution in [3.05, 3.63) is 0 Å². The summed E-state index contributed by atoms with van der Waals surface area (Å²) in [5.41, 5.74) is -0.996. The zero-order chi connectivity index (χ0) is 9.07. The van der Waals surface area contributed by atoms with Crippen LogP contribution >= 0.6 is 0 Å². The molecule has 11 heavy (non-hydrogen) atoms. The van der Waals surface area contributed by atoms with Crippen molar-refractivity contribution in [3.63, 3.8) is 0 Å². The lowest BCUT2D eigenvalue weighted by molar-refractivity contribution is -0.0601. The van der Waals surface area contributed by atoms with Gasteiger partial charge in [-0.05, 0) is 28.1 Å². The Labute approximate surface area is 67.8 Å². The largest absolute Gasteiger partial charge is 0.378 e. The molecule has 0 amide bonds. The number of aliphatic hydroxyl groups is 2. The Bertz CT molecular complexity index is 115. The van der Waals surface area contributed by atoms with Crippen LogP contribution in [0, 0.1) is 0 Å². The van der Waals surface area contributed by atoms with Crippen molar-refractivity contribution in [2.45, 2.75) is 25.3 Å². The molecule has 0 aliphatic carbocycles. The lowest BCUT2D eigenvalue weighted by Crippen LogP contribution is -2.45. The topological polar surface area (TPSA) is 55.7 Å². The van der Waals surface area contributed by atoms with E-state index in [0.717, 1.165) is 0 Å². The molecule has 0 radical (unpaired) electrons. The summed E-state index contributed by atoms with van der Waals surface area (Å²) in [6.07, 6.45) is -0.325. The van der Waals surface area contributed by atoms with Gasteiger partial charge in [-0.15, -0.1) is 0 Å². The summed E-state index contributed by atoms with van der Waals surface area (Å²) >= 11 is 0. The zero-order valence-corrected chi connectivity index (χ0v) is 7.63. The van der Waals surface area contributed by atoms with Gasteiger partial charge in [0.25, 0.3) is 0 Å². The predicted molar refractivity (Wildman–Crippen MR) is 44.0 cm³/mol. The summed E-state index contributed by atoms with van der Waals surface area (Å²) in [7, 11) is 5.18. The predicted octanol–water partition coefficient (Wildman–Crippen LogP) is -0.816. The minimum atomic E-state index is -0.996. The Morgan fingerprint density at radius 3 is 2.27 bits per heavy atom. The second-order valence-electron chi connectivity index (χ2n) is 3.17. The second kappa shape index (κ2) is 4.01. The monoisotopic (exact) mass is 162 g/mol. The van der Waals surface area contributed by atoms with E-state index in [1.807, 2.05) is 0 Å². The third-order valence-corrected chi connectivity index (χ3v) is 1.71. The van der Waals surface area contributed by atoms with Crippen molar-refractivity contribution in [2.75, 3.05) is 21.1 Å². The molecule has 2 unspecified atom stereocenters. The van der Waals surface area contributed by atoms with E-state index in [0.29, 0.717) is 0 Å². The number of rotatable bonds is 4. The van der Waals surface area contributed by atoms with E-state index in [1.165, 1.54) is 0 Å². The summed E-state index contributed by atoms with van der Waals surface area (Å²) in [5, 5.41) is 21.5. The third-order valence-electron chi connectivity index (χ3n) is 1.71. The summed E-state index contributed by atoms with van der Waals surface area (Å²) in [5.74, 6) is 0. The van der Waals surface area contributed by atoms with Crippen LogP contribution < -0.4 is 5.32 Å². The van der Waals surface area contributed by atoms with Gasteiger partial charge >= 0.3 is 0 Å². The third kappa shape index (κ3) is 4.31. The van der Waals surface area contributed by atoms with Crippen LogP contribution in [0.5, 0.6) is 0 Å². The fraction of sp³-hybridized carbons (Fsp3) is 1.00. The van der Waals surface area contributed by atoms with Crippen LogP contribution in [0.1, 0.15) is 13.3 Å². The molecule has 0 aliphatic rings. The summed E-state index contributed by atoms with van der Waals surface area (Å²) in [4.78, 5) is 1.64. The fourth-order valence-electron chi connectivity index (χ4n) is 0.640. The van der Waals surface area contributed by atoms with Crippen LogP contribution in [0.15, 0.2) is 0 Å². The highest BCUT2D eigenvalue weighted by molar-refractivity contribution is 4.70. The number of hydrogen-bond acceptors (Lipinski definition) is 4. The van der Waals surface area contributed by atoms with Crippen molar-refractivity contribution in [3.8, 4) is 0 Å². The maximum Gasteiger partial charge on any atom is 0.116 e. The van der Waals surface area contributed by atoms with Crippen LogP contribution in [-0.4, -0.2) is 48.2 Å². The van der Waals surface area contributed by atoms with E-state index >= 15 is 0 Å². The van der Waals surface area contributed by atoms with Gasteiger partial charge in [0.2, 0.25) is 0 Å². The molecule has 0 saturated carbocycles. The van der Waals surface area contributed by atoms with Crippen molar-refractivity contribution in [2.24, 2.45) is 0 Å². The quantitative estimate of drug-likeness (QED) is 0.473. The summed E-state index contributed by atoms with van der Waals surface area (Å²) in [6.45, 7) is 1.62. The number of nitrogens with zero attached hydrogens (tertiary/aromatic N) is 1. The SMILES string of the molecule is CNC(C)(O)CC(O)N(C)C. The Morgan fingerprint density at radius 2 is 2.00 bits per heavy atom. The Balaban J connectivity index is 3.83. The van der Waals surface area contributed by atoms with Gasteiger partial charge in [-0.1, -0.05) is 0 Å². The maximum atomic E-state index is 9.44. The molecule has 0 rings (SSSR count).